The minimum Gasteiger partial charge on any atom is -0.496 e. The summed E-state index contributed by atoms with van der Waals surface area (Å²) in [6, 6.07) is 2.87. The van der Waals surface area contributed by atoms with E-state index in [-0.39, 0.29) is 35.9 Å². The molecule has 0 radical (unpaired) electrons. The standard InChI is InChI=1S/C26H32FN3O6S/c1-8-36-25(33)21-15(4)20-23(32)30(16(5)22(31)28(6)14(2)3)26(34)29(24(20)37-21)12-11-17-13-18(27)9-10-19(17)35-7/h9-10,13-14,16H,8,11-12H2,1-7H3. The Labute approximate surface area is 218 Å². The van der Waals surface area contributed by atoms with Gasteiger partial charge in [-0.05, 0) is 70.4 Å². The second-order valence-electron chi connectivity index (χ2n) is 8.99. The smallest absolute Gasteiger partial charge is 0.348 e. The van der Waals surface area contributed by atoms with Gasteiger partial charge >= 0.3 is 11.7 Å². The number of carbonyl (C=O) groups excluding carboxylic acids is 2. The molecule has 0 fully saturated rings. The van der Waals surface area contributed by atoms with Crippen molar-refractivity contribution in [2.45, 2.75) is 59.7 Å². The summed E-state index contributed by atoms with van der Waals surface area (Å²) in [6.45, 7) is 8.66. The van der Waals surface area contributed by atoms with E-state index >= 15 is 0 Å². The Balaban J connectivity index is 2.26. The third-order valence-electron chi connectivity index (χ3n) is 6.42. The molecule has 3 rings (SSSR count). The van der Waals surface area contributed by atoms with Crippen LogP contribution >= 0.6 is 11.3 Å². The fourth-order valence-corrected chi connectivity index (χ4v) is 5.34. The second-order valence-corrected chi connectivity index (χ2v) is 9.99. The van der Waals surface area contributed by atoms with Crippen LogP contribution in [0.25, 0.3) is 10.2 Å². The Kier molecular flexibility index (Phi) is 8.57. The summed E-state index contributed by atoms with van der Waals surface area (Å²) in [6.07, 6.45) is 0.202. The van der Waals surface area contributed by atoms with Crippen molar-refractivity contribution in [2.75, 3.05) is 20.8 Å². The van der Waals surface area contributed by atoms with E-state index in [0.717, 1.165) is 15.9 Å². The first-order valence-corrected chi connectivity index (χ1v) is 12.8. The molecular formula is C26H32FN3O6S. The third kappa shape index (κ3) is 5.31. The monoisotopic (exact) mass is 533 g/mol. The SMILES string of the molecule is CCOC(=O)c1sc2c(c1C)c(=O)n(C(C)C(=O)N(C)C(C)C)c(=O)n2CCc1cc(F)ccc1OC. The van der Waals surface area contributed by atoms with Crippen LogP contribution in [-0.4, -0.2) is 52.7 Å². The Morgan fingerprint density at radius 2 is 1.86 bits per heavy atom. The van der Waals surface area contributed by atoms with Gasteiger partial charge in [-0.15, -0.1) is 11.3 Å². The van der Waals surface area contributed by atoms with Crippen LogP contribution in [0, 0.1) is 12.7 Å². The molecule has 2 aromatic heterocycles. The second kappa shape index (κ2) is 11.3. The molecule has 0 saturated carbocycles. The summed E-state index contributed by atoms with van der Waals surface area (Å²) in [4.78, 5) is 55.1. The highest BCUT2D eigenvalue weighted by molar-refractivity contribution is 7.20. The molecule has 1 aromatic carbocycles. The maximum absolute atomic E-state index is 14.0. The lowest BCUT2D eigenvalue weighted by molar-refractivity contribution is -0.134. The Morgan fingerprint density at radius 1 is 1.19 bits per heavy atom. The van der Waals surface area contributed by atoms with E-state index in [4.69, 9.17) is 9.47 Å². The number of ether oxygens (including phenoxy) is 2. The number of nitrogens with zero attached hydrogens (tertiary/aromatic N) is 3. The van der Waals surface area contributed by atoms with Crippen molar-refractivity contribution in [3.8, 4) is 5.75 Å². The molecule has 0 spiro atoms. The molecule has 3 aromatic rings. The van der Waals surface area contributed by atoms with Gasteiger partial charge in [0, 0.05) is 19.6 Å². The van der Waals surface area contributed by atoms with Gasteiger partial charge in [0.05, 0.1) is 19.1 Å². The van der Waals surface area contributed by atoms with E-state index < -0.39 is 35.0 Å². The largest absolute Gasteiger partial charge is 0.496 e. The highest BCUT2D eigenvalue weighted by atomic mass is 32.1. The molecule has 0 aliphatic rings. The van der Waals surface area contributed by atoms with E-state index in [0.29, 0.717) is 21.7 Å². The minimum atomic E-state index is -1.09. The number of benzene rings is 1. The zero-order valence-corrected chi connectivity index (χ0v) is 22.9. The summed E-state index contributed by atoms with van der Waals surface area (Å²) in [5.74, 6) is -0.992. The lowest BCUT2D eigenvalue weighted by atomic mass is 10.1. The molecule has 1 amide bonds. The fourth-order valence-electron chi connectivity index (χ4n) is 4.13. The molecule has 0 N–H and O–H groups in total. The highest BCUT2D eigenvalue weighted by Crippen LogP contribution is 2.29. The molecule has 0 saturated heterocycles. The number of amides is 1. The topological polar surface area (TPSA) is 99.8 Å². The molecule has 1 atom stereocenters. The third-order valence-corrected chi connectivity index (χ3v) is 7.71. The molecule has 37 heavy (non-hydrogen) atoms. The van der Waals surface area contributed by atoms with Gasteiger partial charge in [-0.1, -0.05) is 0 Å². The number of thiophene rings is 1. The zero-order chi connectivity index (χ0) is 27.6. The molecule has 11 heteroatoms. The summed E-state index contributed by atoms with van der Waals surface area (Å²) >= 11 is 0.990. The van der Waals surface area contributed by atoms with Crippen molar-refractivity contribution >= 4 is 33.4 Å². The van der Waals surface area contributed by atoms with Gasteiger partial charge < -0.3 is 14.4 Å². The van der Waals surface area contributed by atoms with Crippen molar-refractivity contribution in [2.24, 2.45) is 0 Å². The van der Waals surface area contributed by atoms with E-state index in [1.807, 2.05) is 13.8 Å². The van der Waals surface area contributed by atoms with Crippen LogP contribution < -0.4 is 16.0 Å². The van der Waals surface area contributed by atoms with E-state index in [1.165, 1.54) is 41.7 Å². The van der Waals surface area contributed by atoms with Gasteiger partial charge in [-0.2, -0.15) is 0 Å². The number of hydrogen-bond donors (Lipinski definition) is 0. The summed E-state index contributed by atoms with van der Waals surface area (Å²) in [5.41, 5.74) is -0.432. The van der Waals surface area contributed by atoms with Gasteiger partial charge in [0.25, 0.3) is 5.56 Å². The van der Waals surface area contributed by atoms with Crippen molar-refractivity contribution in [3.05, 3.63) is 60.9 Å². The van der Waals surface area contributed by atoms with Crippen LogP contribution in [0.1, 0.15) is 54.5 Å². The molecule has 1 unspecified atom stereocenters. The Hall–Kier alpha value is -3.47. The minimum absolute atomic E-state index is 0.0541. The van der Waals surface area contributed by atoms with Gasteiger partial charge in [0.1, 0.15) is 27.3 Å². The lowest BCUT2D eigenvalue weighted by Crippen LogP contribution is -2.47. The predicted octanol–water partition coefficient (Wildman–Crippen LogP) is 3.53. The number of esters is 1. The van der Waals surface area contributed by atoms with Gasteiger partial charge in [-0.3, -0.25) is 14.2 Å². The maximum Gasteiger partial charge on any atom is 0.348 e. The molecule has 9 nitrogen and oxygen atoms in total. The van der Waals surface area contributed by atoms with Crippen molar-refractivity contribution in [3.63, 3.8) is 0 Å². The van der Waals surface area contributed by atoms with Crippen LogP contribution in [0.5, 0.6) is 5.75 Å². The van der Waals surface area contributed by atoms with E-state index in [9.17, 15) is 23.6 Å². The normalized spacial score (nSPS) is 12.1. The zero-order valence-electron chi connectivity index (χ0n) is 22.1. The molecular weight excluding hydrogens is 501 g/mol. The average Bonchev–Trinajstić information content (AvgIpc) is 3.20. The quantitative estimate of drug-likeness (QED) is 0.390. The number of hydrogen-bond acceptors (Lipinski definition) is 7. The number of halogens is 1. The number of rotatable bonds is 9. The van der Waals surface area contributed by atoms with Crippen LogP contribution in [0.2, 0.25) is 0 Å². The molecule has 0 bridgehead atoms. The number of methoxy groups -OCH3 is 1. The first-order chi connectivity index (χ1) is 17.4. The van der Waals surface area contributed by atoms with Crippen LogP contribution in [-0.2, 0) is 22.5 Å². The van der Waals surface area contributed by atoms with Crippen molar-refractivity contribution in [1.29, 1.82) is 0 Å². The number of fused-ring (bicyclic) bond motifs is 1. The number of likely N-dealkylation sites (N-methyl/N-ethyl adjacent to an activating group) is 1. The summed E-state index contributed by atoms with van der Waals surface area (Å²) in [7, 11) is 3.07. The average molecular weight is 534 g/mol. The Morgan fingerprint density at radius 3 is 2.46 bits per heavy atom. The predicted molar refractivity (Wildman–Crippen MR) is 140 cm³/mol. The van der Waals surface area contributed by atoms with Crippen LogP contribution in [0.15, 0.2) is 27.8 Å². The van der Waals surface area contributed by atoms with Crippen LogP contribution in [0.3, 0.4) is 0 Å². The Bertz CT molecular complexity index is 1460. The molecule has 0 aliphatic heterocycles. The van der Waals surface area contributed by atoms with Gasteiger partial charge in [0.15, 0.2) is 0 Å². The van der Waals surface area contributed by atoms with Crippen LogP contribution in [0.4, 0.5) is 4.39 Å². The van der Waals surface area contributed by atoms with Gasteiger partial charge in [0.2, 0.25) is 5.91 Å². The number of aromatic nitrogens is 2. The fraction of sp³-hybridized carbons (Fsp3) is 0.462. The van der Waals surface area contributed by atoms with E-state index in [1.54, 1.807) is 20.9 Å². The lowest BCUT2D eigenvalue weighted by Gasteiger charge is -2.26. The van der Waals surface area contributed by atoms with E-state index in [2.05, 4.69) is 0 Å². The molecule has 0 aliphatic carbocycles. The summed E-state index contributed by atoms with van der Waals surface area (Å²) in [5, 5.41) is 0.172. The molecule has 200 valence electrons. The highest BCUT2D eigenvalue weighted by Gasteiger charge is 2.29. The number of carbonyl (C=O) groups is 2. The first kappa shape index (κ1) is 28.1. The van der Waals surface area contributed by atoms with Gasteiger partial charge in [-0.25, -0.2) is 18.5 Å². The first-order valence-electron chi connectivity index (χ1n) is 12.0. The maximum atomic E-state index is 14.0. The number of aryl methyl sites for hydroxylation is 3. The molecule has 2 heterocycles. The summed E-state index contributed by atoms with van der Waals surface area (Å²) < 4.78 is 26.7. The van der Waals surface area contributed by atoms with Crippen molar-refractivity contribution in [1.82, 2.24) is 14.0 Å². The van der Waals surface area contributed by atoms with Crippen molar-refractivity contribution < 1.29 is 23.5 Å².